The first-order valence-corrected chi connectivity index (χ1v) is 10.5. The molecule has 0 aliphatic heterocycles. The van der Waals surface area contributed by atoms with Gasteiger partial charge in [0.1, 0.15) is 17.4 Å². The van der Waals surface area contributed by atoms with Gasteiger partial charge >= 0.3 is 0 Å². The maximum atomic E-state index is 13.8. The second kappa shape index (κ2) is 9.65. The van der Waals surface area contributed by atoms with Crippen LogP contribution in [0, 0.1) is 25.5 Å². The number of benzene rings is 3. The molecule has 3 aromatic carbocycles. The highest BCUT2D eigenvalue weighted by atomic mass is 19.1. The molecule has 0 aliphatic carbocycles. The van der Waals surface area contributed by atoms with Crippen LogP contribution in [-0.2, 0) is 11.2 Å². The van der Waals surface area contributed by atoms with E-state index < -0.39 is 5.82 Å². The van der Waals surface area contributed by atoms with E-state index in [9.17, 15) is 13.6 Å². The third kappa shape index (κ3) is 5.26. The fourth-order valence-electron chi connectivity index (χ4n) is 3.53. The van der Waals surface area contributed by atoms with Crippen LogP contribution in [0.4, 0.5) is 14.5 Å². The molecule has 33 heavy (non-hydrogen) atoms. The highest BCUT2D eigenvalue weighted by molar-refractivity contribution is 5.90. The largest absolute Gasteiger partial charge is 0.439 e. The van der Waals surface area contributed by atoms with E-state index in [0.29, 0.717) is 29.4 Å². The number of ether oxygens (including phenoxy) is 1. The molecule has 168 valence electrons. The third-order valence-corrected chi connectivity index (χ3v) is 5.22. The first-order valence-electron chi connectivity index (χ1n) is 10.5. The predicted molar refractivity (Wildman–Crippen MR) is 123 cm³/mol. The minimum atomic E-state index is -0.411. The van der Waals surface area contributed by atoms with Crippen molar-refractivity contribution >= 4 is 11.6 Å². The van der Waals surface area contributed by atoms with E-state index in [0.717, 1.165) is 16.8 Å². The fraction of sp³-hybridized carbons (Fsp3) is 0.154. The van der Waals surface area contributed by atoms with Crippen LogP contribution >= 0.6 is 0 Å². The van der Waals surface area contributed by atoms with Gasteiger partial charge in [-0.05, 0) is 68.3 Å². The van der Waals surface area contributed by atoms with Crippen molar-refractivity contribution in [1.82, 2.24) is 9.78 Å². The number of nitrogens with one attached hydrogen (secondary N) is 1. The molecule has 4 aromatic rings. The lowest BCUT2D eigenvalue weighted by molar-refractivity contribution is -0.116. The molecule has 0 saturated heterocycles. The molecule has 0 aliphatic rings. The molecule has 1 N–H and O–H groups in total. The van der Waals surface area contributed by atoms with E-state index >= 15 is 0 Å². The lowest BCUT2D eigenvalue weighted by Gasteiger charge is -2.13. The third-order valence-electron chi connectivity index (χ3n) is 5.22. The van der Waals surface area contributed by atoms with Crippen molar-refractivity contribution in [3.63, 3.8) is 0 Å². The number of carbonyl (C=O) groups excluding carboxylic acids is 1. The van der Waals surface area contributed by atoms with Gasteiger partial charge in [-0.2, -0.15) is 9.78 Å². The molecule has 0 radical (unpaired) electrons. The van der Waals surface area contributed by atoms with Crippen LogP contribution in [0.25, 0.3) is 5.69 Å². The van der Waals surface area contributed by atoms with Crippen molar-refractivity contribution in [3.05, 3.63) is 101 Å². The number of para-hydroxylation sites is 1. The van der Waals surface area contributed by atoms with E-state index in [4.69, 9.17) is 4.74 Å². The number of rotatable bonds is 7. The molecule has 0 atom stereocenters. The van der Waals surface area contributed by atoms with Gasteiger partial charge in [0, 0.05) is 23.7 Å². The topological polar surface area (TPSA) is 56.2 Å². The molecule has 1 amide bonds. The summed E-state index contributed by atoms with van der Waals surface area (Å²) in [4.78, 5) is 12.5. The Kier molecular flexibility index (Phi) is 6.49. The van der Waals surface area contributed by atoms with Gasteiger partial charge in [0.2, 0.25) is 11.8 Å². The second-order valence-electron chi connectivity index (χ2n) is 7.68. The summed E-state index contributed by atoms with van der Waals surface area (Å²) in [5, 5.41) is 7.42. The Labute approximate surface area is 190 Å². The molecule has 1 aromatic heterocycles. The zero-order valence-corrected chi connectivity index (χ0v) is 18.3. The number of halogens is 2. The van der Waals surface area contributed by atoms with Crippen LogP contribution in [0.2, 0.25) is 0 Å². The fourth-order valence-corrected chi connectivity index (χ4v) is 3.53. The number of anilines is 1. The van der Waals surface area contributed by atoms with Gasteiger partial charge in [-0.15, -0.1) is 0 Å². The minimum absolute atomic E-state index is 0.164. The van der Waals surface area contributed by atoms with Crippen molar-refractivity contribution in [1.29, 1.82) is 0 Å². The van der Waals surface area contributed by atoms with Crippen molar-refractivity contribution < 1.29 is 18.3 Å². The molecule has 0 saturated carbocycles. The van der Waals surface area contributed by atoms with E-state index in [1.165, 1.54) is 36.4 Å². The quantitative estimate of drug-likeness (QED) is 0.371. The van der Waals surface area contributed by atoms with Gasteiger partial charge in [0.15, 0.2) is 0 Å². The molecule has 0 spiro atoms. The molecule has 4 rings (SSSR count). The number of hydrogen-bond acceptors (Lipinski definition) is 3. The summed E-state index contributed by atoms with van der Waals surface area (Å²) in [6, 6.07) is 19.2. The van der Waals surface area contributed by atoms with Crippen LogP contribution in [0.15, 0.2) is 72.8 Å². The standard InChI is InChI=1S/C26H23F2N3O2/c1-17-6-3-4-9-24(17)31-26(33-22-8-5-7-20(28)16-22)23(18(2)30-31)14-15-25(32)29-21-12-10-19(27)11-13-21/h3-13,16H,14-15H2,1-2H3,(H,29,32). The first-order chi connectivity index (χ1) is 15.9. The average molecular weight is 447 g/mol. The molecule has 0 unspecified atom stereocenters. The Bertz CT molecular complexity index is 1280. The average Bonchev–Trinajstić information content (AvgIpc) is 3.09. The lowest BCUT2D eigenvalue weighted by atomic mass is 10.1. The van der Waals surface area contributed by atoms with Crippen LogP contribution in [0.5, 0.6) is 11.6 Å². The van der Waals surface area contributed by atoms with E-state index in [2.05, 4.69) is 10.4 Å². The Morgan fingerprint density at radius 3 is 2.45 bits per heavy atom. The zero-order valence-electron chi connectivity index (χ0n) is 18.3. The minimum Gasteiger partial charge on any atom is -0.439 e. The van der Waals surface area contributed by atoms with Gasteiger partial charge in [0.05, 0.1) is 11.4 Å². The Hall–Kier alpha value is -4.00. The van der Waals surface area contributed by atoms with Crippen molar-refractivity contribution in [3.8, 4) is 17.3 Å². The van der Waals surface area contributed by atoms with Crippen LogP contribution in [-0.4, -0.2) is 15.7 Å². The summed E-state index contributed by atoms with van der Waals surface area (Å²) in [7, 11) is 0. The molecule has 7 heteroatoms. The van der Waals surface area contributed by atoms with Crippen LogP contribution in [0.3, 0.4) is 0 Å². The monoisotopic (exact) mass is 447 g/mol. The summed E-state index contributed by atoms with van der Waals surface area (Å²) in [6.45, 7) is 3.81. The van der Waals surface area contributed by atoms with Crippen molar-refractivity contribution in [2.24, 2.45) is 0 Å². The molecular weight excluding hydrogens is 424 g/mol. The van der Waals surface area contributed by atoms with Gasteiger partial charge < -0.3 is 10.1 Å². The van der Waals surface area contributed by atoms with Crippen LogP contribution < -0.4 is 10.1 Å². The van der Waals surface area contributed by atoms with E-state index in [1.807, 2.05) is 38.1 Å². The van der Waals surface area contributed by atoms with Gasteiger partial charge in [0.25, 0.3) is 0 Å². The number of amides is 1. The molecular formula is C26H23F2N3O2. The van der Waals surface area contributed by atoms with Crippen molar-refractivity contribution in [2.75, 3.05) is 5.32 Å². The SMILES string of the molecule is Cc1ccccc1-n1nc(C)c(CCC(=O)Nc2ccc(F)cc2)c1Oc1cccc(F)c1. The number of carbonyl (C=O) groups is 1. The number of aromatic nitrogens is 2. The summed E-state index contributed by atoms with van der Waals surface area (Å²) in [6.07, 6.45) is 0.520. The van der Waals surface area contributed by atoms with Crippen molar-refractivity contribution in [2.45, 2.75) is 26.7 Å². The molecule has 1 heterocycles. The first kappa shape index (κ1) is 22.2. The van der Waals surface area contributed by atoms with E-state index in [-0.39, 0.29) is 18.1 Å². The Balaban J connectivity index is 1.63. The summed E-state index contributed by atoms with van der Waals surface area (Å²) in [5.74, 6) is -0.233. The Morgan fingerprint density at radius 2 is 1.73 bits per heavy atom. The number of hydrogen-bond donors (Lipinski definition) is 1. The number of nitrogens with zero attached hydrogens (tertiary/aromatic N) is 2. The maximum Gasteiger partial charge on any atom is 0.226 e. The van der Waals surface area contributed by atoms with Crippen LogP contribution in [0.1, 0.15) is 23.2 Å². The number of aryl methyl sites for hydroxylation is 2. The van der Waals surface area contributed by atoms with Gasteiger partial charge in [-0.25, -0.2) is 8.78 Å². The molecule has 0 fully saturated rings. The summed E-state index contributed by atoms with van der Waals surface area (Å²) in [5.41, 5.74) is 3.79. The Morgan fingerprint density at radius 1 is 0.970 bits per heavy atom. The lowest BCUT2D eigenvalue weighted by Crippen LogP contribution is -2.12. The van der Waals surface area contributed by atoms with Gasteiger partial charge in [-0.1, -0.05) is 24.3 Å². The second-order valence-corrected chi connectivity index (χ2v) is 7.68. The zero-order chi connectivity index (χ0) is 23.4. The highest BCUT2D eigenvalue weighted by Crippen LogP contribution is 2.32. The normalized spacial score (nSPS) is 10.8. The maximum absolute atomic E-state index is 13.8. The van der Waals surface area contributed by atoms with Gasteiger partial charge in [-0.3, -0.25) is 4.79 Å². The molecule has 0 bridgehead atoms. The van der Waals surface area contributed by atoms with E-state index in [1.54, 1.807) is 16.8 Å². The summed E-state index contributed by atoms with van der Waals surface area (Å²) >= 11 is 0. The smallest absolute Gasteiger partial charge is 0.226 e. The predicted octanol–water partition coefficient (Wildman–Crippen LogP) is 6.13. The molecule has 5 nitrogen and oxygen atoms in total. The summed E-state index contributed by atoms with van der Waals surface area (Å²) < 4.78 is 34.7. The highest BCUT2D eigenvalue weighted by Gasteiger charge is 2.21.